The normalized spacial score (nSPS) is 10.7. The number of nitrogens with one attached hydrogen (secondary N) is 1. The summed E-state index contributed by atoms with van der Waals surface area (Å²) in [7, 11) is 0. The van der Waals surface area contributed by atoms with Crippen molar-refractivity contribution in [1.82, 2.24) is 19.7 Å². The topological polar surface area (TPSA) is 75.6 Å². The second-order valence-electron chi connectivity index (χ2n) is 5.66. The van der Waals surface area contributed by atoms with E-state index in [1.54, 1.807) is 6.20 Å². The Labute approximate surface area is 140 Å². The molecule has 3 aromatic rings. The van der Waals surface area contributed by atoms with Crippen LogP contribution in [0.25, 0.3) is 10.9 Å². The van der Waals surface area contributed by atoms with E-state index in [-0.39, 0.29) is 12.5 Å². The molecule has 0 saturated carbocycles. The second-order valence-corrected chi connectivity index (χ2v) is 5.66. The van der Waals surface area contributed by atoms with Gasteiger partial charge in [-0.25, -0.2) is 0 Å². The van der Waals surface area contributed by atoms with E-state index in [1.807, 2.05) is 53.6 Å². The molecule has 0 fully saturated rings. The number of aromatic nitrogens is 3. The Balaban J connectivity index is 1.76. The van der Waals surface area contributed by atoms with Crippen LogP contribution in [-0.2, 0) is 24.4 Å². The largest absolute Gasteiger partial charge is 0.350 e. The van der Waals surface area contributed by atoms with E-state index < -0.39 is 0 Å². The summed E-state index contributed by atoms with van der Waals surface area (Å²) in [5.74, 6) is -0.0902. The molecular weight excluding hydrogens is 302 g/mol. The number of carbonyl (C=O) groups is 1. The molecule has 1 amide bonds. The van der Waals surface area contributed by atoms with Gasteiger partial charge in [-0.15, -0.1) is 0 Å². The number of carbonyl (C=O) groups excluding carboxylic acids is 1. The minimum atomic E-state index is -0.0902. The Kier molecular flexibility index (Phi) is 4.34. The zero-order valence-corrected chi connectivity index (χ0v) is 13.8. The number of para-hydroxylation sites is 1. The van der Waals surface area contributed by atoms with Crippen LogP contribution in [0.4, 0.5) is 0 Å². The number of hydrogen-bond acceptors (Lipinski definition) is 3. The molecule has 0 atom stereocenters. The number of nitriles is 1. The van der Waals surface area contributed by atoms with E-state index in [9.17, 15) is 10.1 Å². The molecule has 1 aromatic carbocycles. The summed E-state index contributed by atoms with van der Waals surface area (Å²) in [5.41, 5.74) is 3.31. The van der Waals surface area contributed by atoms with Crippen LogP contribution < -0.4 is 5.32 Å². The summed E-state index contributed by atoms with van der Waals surface area (Å²) in [4.78, 5) is 12.3. The third kappa shape index (κ3) is 2.88. The van der Waals surface area contributed by atoms with Gasteiger partial charge >= 0.3 is 0 Å². The Morgan fingerprint density at radius 1 is 1.38 bits per heavy atom. The van der Waals surface area contributed by atoms with Crippen molar-refractivity contribution in [3.8, 4) is 6.07 Å². The number of hydrogen-bond donors (Lipinski definition) is 1. The smallest absolute Gasteiger partial charge is 0.240 e. The number of rotatable bonds is 5. The predicted molar refractivity (Wildman–Crippen MR) is 91.1 cm³/mol. The van der Waals surface area contributed by atoms with Gasteiger partial charge in [-0.3, -0.25) is 9.48 Å². The van der Waals surface area contributed by atoms with Crippen molar-refractivity contribution in [2.75, 3.05) is 0 Å². The third-order valence-electron chi connectivity index (χ3n) is 4.14. The minimum Gasteiger partial charge on any atom is -0.350 e. The Morgan fingerprint density at radius 3 is 2.88 bits per heavy atom. The van der Waals surface area contributed by atoms with Gasteiger partial charge in [0.1, 0.15) is 12.6 Å². The van der Waals surface area contributed by atoms with Gasteiger partial charge in [0.15, 0.2) is 0 Å². The molecule has 0 bridgehead atoms. The first kappa shape index (κ1) is 15.8. The minimum absolute atomic E-state index is 0.0902. The van der Waals surface area contributed by atoms with E-state index in [1.165, 1.54) is 0 Å². The number of benzene rings is 1. The van der Waals surface area contributed by atoms with Gasteiger partial charge in [-0.2, -0.15) is 10.4 Å². The molecule has 0 unspecified atom stereocenters. The SMILES string of the molecule is CCn1cc(CNC(=O)Cn2c(C)c(C#N)c3ccccc32)cn1. The molecule has 0 spiro atoms. The molecule has 2 heterocycles. The quantitative estimate of drug-likeness (QED) is 0.784. The highest BCUT2D eigenvalue weighted by atomic mass is 16.1. The molecule has 0 aliphatic rings. The van der Waals surface area contributed by atoms with Gasteiger partial charge < -0.3 is 9.88 Å². The first-order valence-corrected chi connectivity index (χ1v) is 7.90. The molecule has 24 heavy (non-hydrogen) atoms. The van der Waals surface area contributed by atoms with Crippen molar-refractivity contribution in [3.63, 3.8) is 0 Å². The van der Waals surface area contributed by atoms with E-state index in [2.05, 4.69) is 16.5 Å². The lowest BCUT2D eigenvalue weighted by molar-refractivity contribution is -0.121. The summed E-state index contributed by atoms with van der Waals surface area (Å²) in [6.07, 6.45) is 3.68. The Bertz CT molecular complexity index is 929. The molecule has 0 aliphatic heterocycles. The molecule has 6 heteroatoms. The average Bonchev–Trinajstić information content (AvgIpc) is 3.16. The van der Waals surface area contributed by atoms with Crippen LogP contribution in [-0.4, -0.2) is 20.3 Å². The van der Waals surface area contributed by atoms with Crippen LogP contribution in [0.3, 0.4) is 0 Å². The van der Waals surface area contributed by atoms with Crippen LogP contribution >= 0.6 is 0 Å². The van der Waals surface area contributed by atoms with Crippen molar-refractivity contribution in [3.05, 3.63) is 53.5 Å². The lowest BCUT2D eigenvalue weighted by Crippen LogP contribution is -2.27. The summed E-state index contributed by atoms with van der Waals surface area (Å²) < 4.78 is 3.71. The van der Waals surface area contributed by atoms with Crippen molar-refractivity contribution < 1.29 is 4.79 Å². The molecule has 6 nitrogen and oxygen atoms in total. The molecule has 122 valence electrons. The maximum absolute atomic E-state index is 12.3. The van der Waals surface area contributed by atoms with Crippen LogP contribution in [0.1, 0.15) is 23.7 Å². The maximum atomic E-state index is 12.3. The molecule has 0 radical (unpaired) electrons. The predicted octanol–water partition coefficient (Wildman–Crippen LogP) is 2.35. The van der Waals surface area contributed by atoms with Crippen LogP contribution in [0, 0.1) is 18.3 Å². The third-order valence-corrected chi connectivity index (χ3v) is 4.14. The van der Waals surface area contributed by atoms with Gasteiger partial charge in [-0.1, -0.05) is 18.2 Å². The molecule has 0 aliphatic carbocycles. The number of aryl methyl sites for hydroxylation is 1. The molecule has 1 N–H and O–H groups in total. The molecule has 3 rings (SSSR count). The lowest BCUT2D eigenvalue weighted by Gasteiger charge is -2.08. The van der Waals surface area contributed by atoms with Gasteiger partial charge in [-0.05, 0) is 19.9 Å². The fourth-order valence-electron chi connectivity index (χ4n) is 2.85. The van der Waals surface area contributed by atoms with Crippen molar-refractivity contribution >= 4 is 16.8 Å². The highest BCUT2D eigenvalue weighted by molar-refractivity contribution is 5.89. The van der Waals surface area contributed by atoms with Crippen LogP contribution in [0.2, 0.25) is 0 Å². The number of amides is 1. The summed E-state index contributed by atoms with van der Waals surface area (Å²) in [6.45, 7) is 5.33. The first-order valence-electron chi connectivity index (χ1n) is 7.90. The van der Waals surface area contributed by atoms with Gasteiger partial charge in [0.05, 0.1) is 17.3 Å². The van der Waals surface area contributed by atoms with E-state index >= 15 is 0 Å². The monoisotopic (exact) mass is 321 g/mol. The standard InChI is InChI=1S/C18H19N5O/c1-3-22-11-14(10-21-22)9-20-18(24)12-23-13(2)16(8-19)15-6-4-5-7-17(15)23/h4-7,10-11H,3,9,12H2,1-2H3,(H,20,24). The fourth-order valence-corrected chi connectivity index (χ4v) is 2.85. The Morgan fingerprint density at radius 2 is 2.17 bits per heavy atom. The van der Waals surface area contributed by atoms with Crippen molar-refractivity contribution in [2.45, 2.75) is 33.5 Å². The lowest BCUT2D eigenvalue weighted by atomic mass is 10.1. The van der Waals surface area contributed by atoms with Gasteiger partial charge in [0.2, 0.25) is 5.91 Å². The molecular formula is C18H19N5O. The van der Waals surface area contributed by atoms with E-state index in [0.29, 0.717) is 12.1 Å². The average molecular weight is 321 g/mol. The molecule has 0 saturated heterocycles. The first-order chi connectivity index (χ1) is 11.6. The van der Waals surface area contributed by atoms with Crippen molar-refractivity contribution in [2.24, 2.45) is 0 Å². The van der Waals surface area contributed by atoms with Gasteiger partial charge in [0, 0.05) is 35.9 Å². The van der Waals surface area contributed by atoms with Gasteiger partial charge in [0.25, 0.3) is 0 Å². The highest BCUT2D eigenvalue weighted by Crippen LogP contribution is 2.24. The summed E-state index contributed by atoms with van der Waals surface area (Å²) >= 11 is 0. The van der Waals surface area contributed by atoms with Crippen LogP contribution in [0.15, 0.2) is 36.7 Å². The zero-order chi connectivity index (χ0) is 17.1. The maximum Gasteiger partial charge on any atom is 0.240 e. The number of fused-ring (bicyclic) bond motifs is 1. The Hall–Kier alpha value is -3.07. The number of nitrogens with zero attached hydrogens (tertiary/aromatic N) is 4. The van der Waals surface area contributed by atoms with Crippen molar-refractivity contribution in [1.29, 1.82) is 5.26 Å². The summed E-state index contributed by atoms with van der Waals surface area (Å²) in [6, 6.07) is 9.89. The van der Waals surface area contributed by atoms with Crippen LogP contribution in [0.5, 0.6) is 0 Å². The molecule has 2 aromatic heterocycles. The second kappa shape index (κ2) is 6.59. The summed E-state index contributed by atoms with van der Waals surface area (Å²) in [5, 5.41) is 17.4. The zero-order valence-electron chi connectivity index (χ0n) is 13.8. The van der Waals surface area contributed by atoms with E-state index in [0.717, 1.165) is 28.7 Å². The fraction of sp³-hybridized carbons (Fsp3) is 0.278. The van der Waals surface area contributed by atoms with E-state index in [4.69, 9.17) is 0 Å². The highest BCUT2D eigenvalue weighted by Gasteiger charge is 2.15.